The average molecular weight is 311 g/mol. The highest BCUT2D eigenvalue weighted by Gasteiger charge is 2.28. The quantitative estimate of drug-likeness (QED) is 0.717. The molecule has 96 valence electrons. The lowest BCUT2D eigenvalue weighted by atomic mass is 10.2. The number of halogens is 2. The summed E-state index contributed by atoms with van der Waals surface area (Å²) in [6.07, 6.45) is 6.00. The molecule has 4 nitrogen and oxygen atoms in total. The minimum absolute atomic E-state index is 0.518. The third-order valence-corrected chi connectivity index (χ3v) is 4.61. The van der Waals surface area contributed by atoms with Gasteiger partial charge in [0.1, 0.15) is 4.34 Å². The van der Waals surface area contributed by atoms with Crippen LogP contribution in [0.15, 0.2) is 18.5 Å². The molecule has 3 aromatic heterocycles. The number of hydrogen-bond acceptors (Lipinski definition) is 4. The van der Waals surface area contributed by atoms with E-state index in [1.54, 1.807) is 10.7 Å². The van der Waals surface area contributed by atoms with Gasteiger partial charge in [-0.3, -0.25) is 0 Å². The van der Waals surface area contributed by atoms with E-state index >= 15 is 0 Å². The van der Waals surface area contributed by atoms with Gasteiger partial charge in [-0.15, -0.1) is 16.4 Å². The molecule has 0 saturated heterocycles. The van der Waals surface area contributed by atoms with E-state index in [-0.39, 0.29) is 0 Å². The predicted molar refractivity (Wildman–Crippen MR) is 76.1 cm³/mol. The molecular weight excluding hydrogens is 303 g/mol. The fourth-order valence-electron chi connectivity index (χ4n) is 1.99. The molecule has 3 heterocycles. The van der Waals surface area contributed by atoms with Gasteiger partial charge < -0.3 is 0 Å². The molecule has 0 aromatic carbocycles. The normalized spacial score (nSPS) is 15.3. The molecule has 0 unspecified atom stereocenters. The molecule has 0 atom stereocenters. The van der Waals surface area contributed by atoms with Gasteiger partial charge in [0.15, 0.2) is 5.82 Å². The molecule has 1 saturated carbocycles. The van der Waals surface area contributed by atoms with E-state index in [2.05, 4.69) is 15.1 Å². The molecule has 7 heteroatoms. The number of aromatic nitrogens is 4. The highest BCUT2D eigenvalue weighted by Crippen LogP contribution is 2.39. The van der Waals surface area contributed by atoms with Crippen LogP contribution in [0.2, 0.25) is 8.67 Å². The molecule has 1 aliphatic carbocycles. The minimum atomic E-state index is 0.518. The summed E-state index contributed by atoms with van der Waals surface area (Å²) in [5.74, 6) is 2.03. The van der Waals surface area contributed by atoms with Crippen molar-refractivity contribution in [2.24, 2.45) is 0 Å². The molecule has 1 aliphatic rings. The van der Waals surface area contributed by atoms with Gasteiger partial charge >= 0.3 is 0 Å². The zero-order valence-corrected chi connectivity index (χ0v) is 12.0. The summed E-state index contributed by atoms with van der Waals surface area (Å²) in [7, 11) is 0. The van der Waals surface area contributed by atoms with E-state index in [4.69, 9.17) is 23.2 Å². The van der Waals surface area contributed by atoms with E-state index in [1.165, 1.54) is 24.2 Å². The number of thiophene rings is 1. The van der Waals surface area contributed by atoms with Crippen molar-refractivity contribution in [2.75, 3.05) is 0 Å². The van der Waals surface area contributed by atoms with Crippen molar-refractivity contribution in [1.29, 1.82) is 0 Å². The second-order valence-electron chi connectivity index (χ2n) is 4.57. The predicted octanol–water partition coefficient (Wildman–Crippen LogP) is 4.04. The zero-order chi connectivity index (χ0) is 13.0. The number of rotatable bonds is 2. The molecule has 0 radical (unpaired) electrons. The highest BCUT2D eigenvalue weighted by molar-refractivity contribution is 7.20. The molecule has 0 spiro atoms. The number of nitrogens with zero attached hydrogens (tertiary/aromatic N) is 4. The van der Waals surface area contributed by atoms with Crippen molar-refractivity contribution < 1.29 is 0 Å². The lowest BCUT2D eigenvalue weighted by Gasteiger charge is -1.98. The van der Waals surface area contributed by atoms with E-state index in [0.29, 0.717) is 20.4 Å². The fraction of sp³-hybridized carbons (Fsp3) is 0.250. The van der Waals surface area contributed by atoms with Gasteiger partial charge in [0.2, 0.25) is 0 Å². The van der Waals surface area contributed by atoms with Crippen molar-refractivity contribution in [3.05, 3.63) is 33.0 Å². The van der Waals surface area contributed by atoms with E-state index in [1.807, 2.05) is 12.3 Å². The molecular formula is C12H8Cl2N4S. The number of hydrogen-bond donors (Lipinski definition) is 0. The monoisotopic (exact) mass is 310 g/mol. The van der Waals surface area contributed by atoms with E-state index in [9.17, 15) is 0 Å². The van der Waals surface area contributed by atoms with Crippen LogP contribution in [0.4, 0.5) is 0 Å². The van der Waals surface area contributed by atoms with Crippen LogP contribution in [0.5, 0.6) is 0 Å². The molecule has 4 rings (SSSR count). The first-order valence-corrected chi connectivity index (χ1v) is 7.45. The van der Waals surface area contributed by atoms with Crippen LogP contribution < -0.4 is 0 Å². The summed E-state index contributed by atoms with van der Waals surface area (Å²) in [6, 6.07) is 1.84. The van der Waals surface area contributed by atoms with Crippen LogP contribution in [0.3, 0.4) is 0 Å². The fourth-order valence-corrected chi connectivity index (χ4v) is 3.50. The van der Waals surface area contributed by atoms with E-state index in [0.717, 1.165) is 17.0 Å². The summed E-state index contributed by atoms with van der Waals surface area (Å²) in [4.78, 5) is 8.75. The van der Waals surface area contributed by atoms with Crippen LogP contribution in [-0.2, 0) is 0 Å². The van der Waals surface area contributed by atoms with Gasteiger partial charge in [0.05, 0.1) is 4.34 Å². The maximum Gasteiger partial charge on any atom is 0.252 e. The van der Waals surface area contributed by atoms with E-state index < -0.39 is 0 Å². The Morgan fingerprint density at radius 3 is 2.84 bits per heavy atom. The summed E-state index contributed by atoms with van der Waals surface area (Å²) in [6.45, 7) is 0. The van der Waals surface area contributed by atoms with Crippen LogP contribution in [0, 0.1) is 0 Å². The third-order valence-electron chi connectivity index (χ3n) is 3.12. The van der Waals surface area contributed by atoms with Crippen molar-refractivity contribution in [1.82, 2.24) is 19.6 Å². The average Bonchev–Trinajstić information content (AvgIpc) is 3.06. The van der Waals surface area contributed by atoms with Crippen molar-refractivity contribution in [3.8, 4) is 11.1 Å². The molecule has 3 aromatic rings. The van der Waals surface area contributed by atoms with Crippen LogP contribution in [0.1, 0.15) is 24.6 Å². The second kappa shape index (κ2) is 4.16. The van der Waals surface area contributed by atoms with Crippen LogP contribution in [-0.4, -0.2) is 19.6 Å². The van der Waals surface area contributed by atoms with Gasteiger partial charge in [-0.2, -0.15) is 4.98 Å². The molecule has 0 N–H and O–H groups in total. The maximum absolute atomic E-state index is 6.16. The largest absolute Gasteiger partial charge is 0.252 e. The van der Waals surface area contributed by atoms with Crippen molar-refractivity contribution in [3.63, 3.8) is 0 Å². The third kappa shape index (κ3) is 2.02. The van der Waals surface area contributed by atoms with Crippen LogP contribution in [0.25, 0.3) is 16.9 Å². The topological polar surface area (TPSA) is 43.1 Å². The Labute approximate surface area is 123 Å². The number of fused-ring (bicyclic) bond motifs is 1. The van der Waals surface area contributed by atoms with Gasteiger partial charge in [0, 0.05) is 29.4 Å². The Bertz CT molecular complexity index is 775. The van der Waals surface area contributed by atoms with Crippen LogP contribution >= 0.6 is 34.5 Å². The van der Waals surface area contributed by atoms with Gasteiger partial charge in [-0.25, -0.2) is 9.50 Å². The Hall–Kier alpha value is -1.17. The Kier molecular flexibility index (Phi) is 2.55. The first kappa shape index (κ1) is 11.6. The Morgan fingerprint density at radius 2 is 2.16 bits per heavy atom. The smallest absolute Gasteiger partial charge is 0.219 e. The molecule has 19 heavy (non-hydrogen) atoms. The molecule has 0 aliphatic heterocycles. The standard InChI is InChI=1S/C12H8Cl2N4S/c13-9-3-8(10(14)19-9)7-4-15-12-16-11(6-1-2-6)17-18(12)5-7/h3-6H,1-2H2. The van der Waals surface area contributed by atoms with Gasteiger partial charge in [-0.05, 0) is 18.9 Å². The first-order chi connectivity index (χ1) is 9.20. The Balaban J connectivity index is 1.84. The zero-order valence-electron chi connectivity index (χ0n) is 9.68. The Morgan fingerprint density at radius 1 is 1.32 bits per heavy atom. The lowest BCUT2D eigenvalue weighted by molar-refractivity contribution is 0.874. The van der Waals surface area contributed by atoms with Gasteiger partial charge in [0.25, 0.3) is 5.78 Å². The molecule has 0 amide bonds. The molecule has 1 fully saturated rings. The summed E-state index contributed by atoms with van der Waals surface area (Å²) in [5.41, 5.74) is 1.78. The summed E-state index contributed by atoms with van der Waals surface area (Å²) in [5, 5.41) is 4.47. The van der Waals surface area contributed by atoms with Crippen molar-refractivity contribution >= 4 is 40.3 Å². The summed E-state index contributed by atoms with van der Waals surface area (Å²) >= 11 is 13.5. The second-order valence-corrected chi connectivity index (χ2v) is 6.85. The SMILES string of the molecule is Clc1cc(-c2cnc3nc(C4CC4)nn3c2)c(Cl)s1. The van der Waals surface area contributed by atoms with Gasteiger partial charge in [-0.1, -0.05) is 23.2 Å². The lowest BCUT2D eigenvalue weighted by Crippen LogP contribution is -1.91. The maximum atomic E-state index is 6.16. The molecule has 0 bridgehead atoms. The first-order valence-electron chi connectivity index (χ1n) is 5.88. The summed E-state index contributed by atoms with van der Waals surface area (Å²) < 4.78 is 3.04. The van der Waals surface area contributed by atoms with Crippen molar-refractivity contribution in [2.45, 2.75) is 18.8 Å². The minimum Gasteiger partial charge on any atom is -0.219 e. The highest BCUT2D eigenvalue weighted by atomic mass is 35.5.